The quantitative estimate of drug-likeness (QED) is 0.649. The van der Waals surface area contributed by atoms with E-state index in [-0.39, 0.29) is 0 Å². The van der Waals surface area contributed by atoms with Crippen LogP contribution in [0.2, 0.25) is 0 Å². The molecule has 0 heterocycles. The van der Waals surface area contributed by atoms with Gasteiger partial charge in [0.15, 0.2) is 0 Å². The Labute approximate surface area is 118 Å². The van der Waals surface area contributed by atoms with Gasteiger partial charge in [0.05, 0.1) is 26.9 Å². The standard InChI is InChI=1S/C14H21BrO3/c1-3-4-7-17-8-9-18-11-12-10-13(16-2)5-6-14(12)15/h5-6,10H,3-4,7-9,11H2,1-2H3. The molecule has 0 unspecified atom stereocenters. The SMILES string of the molecule is CCCCOCCOCc1cc(OC)ccc1Br. The van der Waals surface area contributed by atoms with E-state index in [4.69, 9.17) is 14.2 Å². The number of halogens is 1. The summed E-state index contributed by atoms with van der Waals surface area (Å²) in [6, 6.07) is 5.86. The first kappa shape index (κ1) is 15.5. The predicted octanol–water partition coefficient (Wildman–Crippen LogP) is 3.79. The van der Waals surface area contributed by atoms with Crippen LogP contribution in [0.15, 0.2) is 22.7 Å². The van der Waals surface area contributed by atoms with Gasteiger partial charge in [0, 0.05) is 11.1 Å². The lowest BCUT2D eigenvalue weighted by Gasteiger charge is -2.08. The summed E-state index contributed by atoms with van der Waals surface area (Å²) in [5.74, 6) is 0.844. The van der Waals surface area contributed by atoms with E-state index in [1.165, 1.54) is 0 Å². The molecule has 0 aliphatic heterocycles. The molecule has 0 saturated carbocycles. The molecule has 0 spiro atoms. The summed E-state index contributed by atoms with van der Waals surface area (Å²) in [6.45, 7) is 4.81. The first-order valence-electron chi connectivity index (χ1n) is 6.25. The van der Waals surface area contributed by atoms with Crippen LogP contribution in [0.3, 0.4) is 0 Å². The topological polar surface area (TPSA) is 27.7 Å². The van der Waals surface area contributed by atoms with Crippen molar-refractivity contribution >= 4 is 15.9 Å². The van der Waals surface area contributed by atoms with Crippen molar-refractivity contribution in [3.63, 3.8) is 0 Å². The van der Waals surface area contributed by atoms with Gasteiger partial charge in [-0.1, -0.05) is 29.3 Å². The van der Waals surface area contributed by atoms with Crippen molar-refractivity contribution in [2.45, 2.75) is 26.4 Å². The van der Waals surface area contributed by atoms with Crippen LogP contribution in [-0.4, -0.2) is 26.9 Å². The maximum absolute atomic E-state index is 5.57. The van der Waals surface area contributed by atoms with Crippen LogP contribution in [0.4, 0.5) is 0 Å². The Hall–Kier alpha value is -0.580. The van der Waals surface area contributed by atoms with Crippen LogP contribution in [-0.2, 0) is 16.1 Å². The van der Waals surface area contributed by atoms with Gasteiger partial charge in [-0.25, -0.2) is 0 Å². The van der Waals surface area contributed by atoms with Gasteiger partial charge >= 0.3 is 0 Å². The fourth-order valence-corrected chi connectivity index (χ4v) is 1.80. The van der Waals surface area contributed by atoms with Gasteiger partial charge in [-0.2, -0.15) is 0 Å². The van der Waals surface area contributed by atoms with E-state index >= 15 is 0 Å². The molecule has 0 aliphatic carbocycles. The van der Waals surface area contributed by atoms with Crippen molar-refractivity contribution in [2.24, 2.45) is 0 Å². The monoisotopic (exact) mass is 316 g/mol. The molecule has 3 nitrogen and oxygen atoms in total. The van der Waals surface area contributed by atoms with Crippen LogP contribution < -0.4 is 4.74 Å². The number of hydrogen-bond donors (Lipinski definition) is 0. The van der Waals surface area contributed by atoms with Crippen molar-refractivity contribution in [2.75, 3.05) is 26.9 Å². The fraction of sp³-hybridized carbons (Fsp3) is 0.571. The maximum Gasteiger partial charge on any atom is 0.119 e. The molecule has 0 aromatic heterocycles. The molecule has 1 aromatic rings. The second-order valence-corrected chi connectivity index (χ2v) is 4.83. The van der Waals surface area contributed by atoms with E-state index in [2.05, 4.69) is 22.9 Å². The van der Waals surface area contributed by atoms with Gasteiger partial charge in [-0.05, 0) is 30.2 Å². The van der Waals surface area contributed by atoms with E-state index in [0.29, 0.717) is 19.8 Å². The van der Waals surface area contributed by atoms with Crippen LogP contribution in [0, 0.1) is 0 Å². The second kappa shape index (κ2) is 9.36. The van der Waals surface area contributed by atoms with E-state index in [9.17, 15) is 0 Å². The minimum Gasteiger partial charge on any atom is -0.497 e. The molecule has 4 heteroatoms. The Balaban J connectivity index is 2.22. The number of rotatable bonds is 9. The maximum atomic E-state index is 5.57. The predicted molar refractivity (Wildman–Crippen MR) is 76.1 cm³/mol. The zero-order valence-corrected chi connectivity index (χ0v) is 12.7. The minimum atomic E-state index is 0.564. The van der Waals surface area contributed by atoms with Crippen LogP contribution in [0.5, 0.6) is 5.75 Å². The average molecular weight is 317 g/mol. The van der Waals surface area contributed by atoms with Crippen molar-refractivity contribution < 1.29 is 14.2 Å². The molecular formula is C14H21BrO3. The second-order valence-electron chi connectivity index (χ2n) is 3.98. The van der Waals surface area contributed by atoms with Crippen molar-refractivity contribution in [3.05, 3.63) is 28.2 Å². The largest absolute Gasteiger partial charge is 0.497 e. The van der Waals surface area contributed by atoms with Crippen molar-refractivity contribution in [3.8, 4) is 5.75 Å². The van der Waals surface area contributed by atoms with Gasteiger partial charge in [0.25, 0.3) is 0 Å². The Morgan fingerprint density at radius 2 is 1.89 bits per heavy atom. The molecule has 0 amide bonds. The molecule has 0 radical (unpaired) electrons. The summed E-state index contributed by atoms with van der Waals surface area (Å²) in [5, 5.41) is 0. The van der Waals surface area contributed by atoms with Crippen LogP contribution >= 0.6 is 15.9 Å². The van der Waals surface area contributed by atoms with Gasteiger partial charge in [-0.3, -0.25) is 0 Å². The summed E-state index contributed by atoms with van der Waals surface area (Å²) < 4.78 is 17.2. The number of hydrogen-bond acceptors (Lipinski definition) is 3. The highest BCUT2D eigenvalue weighted by Gasteiger charge is 2.02. The third-order valence-electron chi connectivity index (χ3n) is 2.52. The Morgan fingerprint density at radius 1 is 1.11 bits per heavy atom. The van der Waals surface area contributed by atoms with E-state index in [1.807, 2.05) is 18.2 Å². The zero-order valence-electron chi connectivity index (χ0n) is 11.1. The third-order valence-corrected chi connectivity index (χ3v) is 3.30. The summed E-state index contributed by atoms with van der Waals surface area (Å²) >= 11 is 3.50. The summed E-state index contributed by atoms with van der Waals surface area (Å²) in [5.41, 5.74) is 1.09. The van der Waals surface area contributed by atoms with Gasteiger partial charge in [0.2, 0.25) is 0 Å². The number of unbranched alkanes of at least 4 members (excludes halogenated alkanes) is 1. The van der Waals surface area contributed by atoms with Crippen molar-refractivity contribution in [1.29, 1.82) is 0 Å². The first-order chi connectivity index (χ1) is 8.77. The lowest BCUT2D eigenvalue weighted by molar-refractivity contribution is 0.0394. The van der Waals surface area contributed by atoms with E-state index in [1.54, 1.807) is 7.11 Å². The summed E-state index contributed by atoms with van der Waals surface area (Å²) in [7, 11) is 1.66. The number of methoxy groups -OCH3 is 1. The number of benzene rings is 1. The summed E-state index contributed by atoms with van der Waals surface area (Å²) in [6.07, 6.45) is 2.28. The molecular weight excluding hydrogens is 296 g/mol. The molecule has 0 fully saturated rings. The molecule has 0 aliphatic rings. The minimum absolute atomic E-state index is 0.564. The van der Waals surface area contributed by atoms with E-state index in [0.717, 1.165) is 35.2 Å². The lowest BCUT2D eigenvalue weighted by Crippen LogP contribution is -2.05. The van der Waals surface area contributed by atoms with Crippen LogP contribution in [0.1, 0.15) is 25.3 Å². The molecule has 1 aromatic carbocycles. The molecule has 1 rings (SSSR count). The molecule has 0 N–H and O–H groups in total. The molecule has 102 valence electrons. The first-order valence-corrected chi connectivity index (χ1v) is 7.05. The average Bonchev–Trinajstić information content (AvgIpc) is 2.39. The zero-order chi connectivity index (χ0) is 13.2. The van der Waals surface area contributed by atoms with Crippen LogP contribution in [0.25, 0.3) is 0 Å². The third kappa shape index (κ3) is 5.85. The molecule has 18 heavy (non-hydrogen) atoms. The lowest BCUT2D eigenvalue weighted by atomic mass is 10.2. The van der Waals surface area contributed by atoms with Gasteiger partial charge in [0.1, 0.15) is 5.75 Å². The summed E-state index contributed by atoms with van der Waals surface area (Å²) in [4.78, 5) is 0. The Morgan fingerprint density at radius 3 is 2.61 bits per heavy atom. The fourth-order valence-electron chi connectivity index (χ4n) is 1.44. The molecule has 0 saturated heterocycles. The smallest absolute Gasteiger partial charge is 0.119 e. The highest BCUT2D eigenvalue weighted by molar-refractivity contribution is 9.10. The highest BCUT2D eigenvalue weighted by Crippen LogP contribution is 2.22. The Bertz CT molecular complexity index is 342. The Kier molecular flexibility index (Phi) is 8.05. The van der Waals surface area contributed by atoms with Crippen molar-refractivity contribution in [1.82, 2.24) is 0 Å². The van der Waals surface area contributed by atoms with E-state index < -0.39 is 0 Å². The number of ether oxygens (including phenoxy) is 3. The van der Waals surface area contributed by atoms with Gasteiger partial charge < -0.3 is 14.2 Å². The molecule has 0 bridgehead atoms. The van der Waals surface area contributed by atoms with Gasteiger partial charge in [-0.15, -0.1) is 0 Å². The normalized spacial score (nSPS) is 10.6. The molecule has 0 atom stereocenters. The highest BCUT2D eigenvalue weighted by atomic mass is 79.9.